The van der Waals surface area contributed by atoms with Crippen LogP contribution in [0.25, 0.3) is 0 Å². The Balaban J connectivity index is 2.27. The minimum Gasteiger partial charge on any atom is -0.379 e. The van der Waals surface area contributed by atoms with Gasteiger partial charge in [-0.15, -0.1) is 0 Å². The molecule has 1 aromatic carbocycles. The second kappa shape index (κ2) is 3.71. The highest BCUT2D eigenvalue weighted by atomic mass is 16.5. The van der Waals surface area contributed by atoms with Gasteiger partial charge in [-0.25, -0.2) is 0 Å². The Bertz CT molecular complexity index is 318. The maximum Gasteiger partial charge on any atom is 0.0598 e. The van der Waals surface area contributed by atoms with Crippen molar-refractivity contribution in [2.45, 2.75) is 12.3 Å². The summed E-state index contributed by atoms with van der Waals surface area (Å²) in [5, 5.41) is 3.25. The lowest BCUT2D eigenvalue weighted by Gasteiger charge is -2.42. The molecular weight excluding hydrogens is 174 g/mol. The van der Waals surface area contributed by atoms with E-state index in [-0.39, 0.29) is 5.41 Å². The van der Waals surface area contributed by atoms with Crippen LogP contribution in [0.3, 0.4) is 0 Å². The quantitative estimate of drug-likeness (QED) is 0.781. The van der Waals surface area contributed by atoms with Crippen molar-refractivity contribution < 1.29 is 4.74 Å². The molecule has 1 aliphatic heterocycles. The van der Waals surface area contributed by atoms with E-state index in [1.165, 1.54) is 11.1 Å². The molecule has 0 bridgehead atoms. The van der Waals surface area contributed by atoms with Gasteiger partial charge in [0.25, 0.3) is 0 Å². The molecule has 76 valence electrons. The minimum atomic E-state index is 0.223. The number of ether oxygens (including phenoxy) is 1. The predicted octanol–water partition coefficient (Wildman–Crippen LogP) is 1.48. The minimum absolute atomic E-state index is 0.223. The normalized spacial score (nSPS) is 19.0. The van der Waals surface area contributed by atoms with Gasteiger partial charge in [-0.05, 0) is 19.5 Å². The molecule has 2 nitrogen and oxygen atoms in total. The second-order valence-corrected chi connectivity index (χ2v) is 4.17. The molecule has 1 saturated heterocycles. The Morgan fingerprint density at radius 3 is 2.71 bits per heavy atom. The molecular formula is C12H17NO. The summed E-state index contributed by atoms with van der Waals surface area (Å²) in [5.74, 6) is 0. The van der Waals surface area contributed by atoms with Crippen LogP contribution >= 0.6 is 0 Å². The number of likely N-dealkylation sites (N-methyl/N-ethyl adjacent to an activating group) is 1. The van der Waals surface area contributed by atoms with Crippen molar-refractivity contribution in [1.82, 2.24) is 5.32 Å². The third-order valence-corrected chi connectivity index (χ3v) is 2.90. The summed E-state index contributed by atoms with van der Waals surface area (Å²) in [5.41, 5.74) is 2.95. The van der Waals surface area contributed by atoms with Gasteiger partial charge in [0.2, 0.25) is 0 Å². The third kappa shape index (κ3) is 1.56. The molecule has 2 rings (SSSR count). The van der Waals surface area contributed by atoms with E-state index in [4.69, 9.17) is 4.74 Å². The second-order valence-electron chi connectivity index (χ2n) is 4.17. The molecule has 1 fully saturated rings. The number of aryl methyl sites for hydroxylation is 1. The fourth-order valence-corrected chi connectivity index (χ4v) is 2.03. The Kier molecular flexibility index (Phi) is 2.57. The average molecular weight is 191 g/mol. The highest BCUT2D eigenvalue weighted by Gasteiger charge is 2.39. The largest absolute Gasteiger partial charge is 0.379 e. The fourth-order valence-electron chi connectivity index (χ4n) is 2.03. The van der Waals surface area contributed by atoms with E-state index in [0.717, 1.165) is 19.8 Å². The monoisotopic (exact) mass is 191 g/mol. The number of hydrogen-bond donors (Lipinski definition) is 1. The molecule has 0 unspecified atom stereocenters. The van der Waals surface area contributed by atoms with Crippen LogP contribution in [0.5, 0.6) is 0 Å². The van der Waals surface area contributed by atoms with E-state index in [1.54, 1.807) is 0 Å². The van der Waals surface area contributed by atoms with Crippen LogP contribution < -0.4 is 5.32 Å². The van der Waals surface area contributed by atoms with Crippen molar-refractivity contribution in [3.8, 4) is 0 Å². The molecule has 0 spiro atoms. The molecule has 0 saturated carbocycles. The number of rotatable bonds is 3. The van der Waals surface area contributed by atoms with Crippen LogP contribution in [0.15, 0.2) is 24.3 Å². The molecule has 1 N–H and O–H groups in total. The van der Waals surface area contributed by atoms with Crippen molar-refractivity contribution in [3.63, 3.8) is 0 Å². The fraction of sp³-hybridized carbons (Fsp3) is 0.500. The van der Waals surface area contributed by atoms with Gasteiger partial charge in [0.1, 0.15) is 0 Å². The summed E-state index contributed by atoms with van der Waals surface area (Å²) in [6.07, 6.45) is 0. The van der Waals surface area contributed by atoms with Crippen LogP contribution in [0.4, 0.5) is 0 Å². The lowest BCUT2D eigenvalue weighted by atomic mass is 9.78. The van der Waals surface area contributed by atoms with Gasteiger partial charge in [-0.1, -0.05) is 29.8 Å². The molecule has 2 heteroatoms. The van der Waals surface area contributed by atoms with Crippen molar-refractivity contribution in [3.05, 3.63) is 35.4 Å². The average Bonchev–Trinajstić information content (AvgIpc) is 2.11. The SMILES string of the molecule is CNCC1(c2cccc(C)c2)COC1. The van der Waals surface area contributed by atoms with E-state index in [2.05, 4.69) is 36.5 Å². The van der Waals surface area contributed by atoms with E-state index in [1.807, 2.05) is 7.05 Å². The predicted molar refractivity (Wildman–Crippen MR) is 57.6 cm³/mol. The Morgan fingerprint density at radius 1 is 1.43 bits per heavy atom. The summed E-state index contributed by atoms with van der Waals surface area (Å²) in [6, 6.07) is 8.73. The molecule has 0 radical (unpaired) electrons. The standard InChI is InChI=1S/C12H17NO/c1-10-4-3-5-11(6-10)12(7-13-2)8-14-9-12/h3-6,13H,7-9H2,1-2H3. The number of nitrogens with one attached hydrogen (secondary N) is 1. The van der Waals surface area contributed by atoms with Crippen LogP contribution in [-0.2, 0) is 10.2 Å². The van der Waals surface area contributed by atoms with Crippen LogP contribution in [0.2, 0.25) is 0 Å². The van der Waals surface area contributed by atoms with E-state index in [9.17, 15) is 0 Å². The summed E-state index contributed by atoms with van der Waals surface area (Å²) in [7, 11) is 2.00. The van der Waals surface area contributed by atoms with E-state index in [0.29, 0.717) is 0 Å². The van der Waals surface area contributed by atoms with Gasteiger partial charge in [0.15, 0.2) is 0 Å². The summed E-state index contributed by atoms with van der Waals surface area (Å²) in [6.45, 7) is 4.82. The zero-order valence-electron chi connectivity index (χ0n) is 8.84. The number of benzene rings is 1. The van der Waals surface area contributed by atoms with Crippen molar-refractivity contribution in [2.24, 2.45) is 0 Å². The summed E-state index contributed by atoms with van der Waals surface area (Å²) >= 11 is 0. The Hall–Kier alpha value is -0.860. The molecule has 0 aromatic heterocycles. The molecule has 14 heavy (non-hydrogen) atoms. The van der Waals surface area contributed by atoms with Crippen molar-refractivity contribution in [1.29, 1.82) is 0 Å². The molecule has 0 aliphatic carbocycles. The topological polar surface area (TPSA) is 21.3 Å². The first-order valence-electron chi connectivity index (χ1n) is 5.06. The first kappa shape index (κ1) is 9.69. The molecule has 0 atom stereocenters. The van der Waals surface area contributed by atoms with Gasteiger partial charge in [0.05, 0.1) is 18.6 Å². The van der Waals surface area contributed by atoms with E-state index >= 15 is 0 Å². The lowest BCUT2D eigenvalue weighted by molar-refractivity contribution is -0.0582. The van der Waals surface area contributed by atoms with Gasteiger partial charge < -0.3 is 10.1 Å². The van der Waals surface area contributed by atoms with Crippen molar-refractivity contribution in [2.75, 3.05) is 26.8 Å². The molecule has 0 amide bonds. The van der Waals surface area contributed by atoms with Gasteiger partial charge in [-0.2, -0.15) is 0 Å². The third-order valence-electron chi connectivity index (χ3n) is 2.90. The molecule has 1 heterocycles. The molecule has 1 aliphatic rings. The maximum absolute atomic E-state index is 5.35. The zero-order chi connectivity index (χ0) is 10.0. The summed E-state index contributed by atoms with van der Waals surface area (Å²) < 4.78 is 5.35. The molecule has 1 aromatic rings. The van der Waals surface area contributed by atoms with Gasteiger partial charge >= 0.3 is 0 Å². The Morgan fingerprint density at radius 2 is 2.21 bits per heavy atom. The Labute approximate surface area is 85.3 Å². The number of hydrogen-bond acceptors (Lipinski definition) is 2. The highest BCUT2D eigenvalue weighted by Crippen LogP contribution is 2.31. The first-order valence-corrected chi connectivity index (χ1v) is 5.06. The summed E-state index contributed by atoms with van der Waals surface area (Å²) in [4.78, 5) is 0. The van der Waals surface area contributed by atoms with Gasteiger partial charge in [0, 0.05) is 6.54 Å². The zero-order valence-corrected chi connectivity index (χ0v) is 8.84. The van der Waals surface area contributed by atoms with Crippen LogP contribution in [0, 0.1) is 6.92 Å². The van der Waals surface area contributed by atoms with E-state index < -0.39 is 0 Å². The van der Waals surface area contributed by atoms with Crippen molar-refractivity contribution >= 4 is 0 Å². The van der Waals surface area contributed by atoms with Gasteiger partial charge in [-0.3, -0.25) is 0 Å². The van der Waals surface area contributed by atoms with Crippen LogP contribution in [-0.4, -0.2) is 26.8 Å². The first-order chi connectivity index (χ1) is 6.77. The smallest absolute Gasteiger partial charge is 0.0598 e. The lowest BCUT2D eigenvalue weighted by Crippen LogP contribution is -2.52. The van der Waals surface area contributed by atoms with Crippen LogP contribution in [0.1, 0.15) is 11.1 Å². The highest BCUT2D eigenvalue weighted by molar-refractivity contribution is 5.32. The maximum atomic E-state index is 5.35.